The molecule has 0 spiro atoms. The predicted octanol–water partition coefficient (Wildman–Crippen LogP) is 2.33. The van der Waals surface area contributed by atoms with Crippen molar-refractivity contribution < 1.29 is 0 Å². The maximum atomic E-state index is 5.88. The van der Waals surface area contributed by atoms with Gasteiger partial charge in [0.05, 0.1) is 0 Å². The fourth-order valence-electron chi connectivity index (χ4n) is 1.91. The van der Waals surface area contributed by atoms with E-state index < -0.39 is 0 Å². The fraction of sp³-hybridized carbons (Fsp3) is 0.800. The van der Waals surface area contributed by atoms with Crippen molar-refractivity contribution in [2.24, 2.45) is 17.6 Å². The van der Waals surface area contributed by atoms with Crippen LogP contribution in [0.15, 0.2) is 12.2 Å². The molecule has 1 rings (SSSR count). The highest BCUT2D eigenvalue weighted by Gasteiger charge is 2.24. The average molecular weight is 153 g/mol. The van der Waals surface area contributed by atoms with Gasteiger partial charge in [-0.25, -0.2) is 0 Å². The van der Waals surface area contributed by atoms with Crippen molar-refractivity contribution in [3.8, 4) is 0 Å². The molecule has 2 atom stereocenters. The van der Waals surface area contributed by atoms with Crippen molar-refractivity contribution in [2.45, 2.75) is 39.2 Å². The Hall–Kier alpha value is -0.300. The number of nitrogens with two attached hydrogens (primary N) is 1. The van der Waals surface area contributed by atoms with E-state index in [-0.39, 0.29) is 0 Å². The minimum atomic E-state index is 0.424. The molecule has 1 aliphatic rings. The highest BCUT2D eigenvalue weighted by atomic mass is 14.6. The molecule has 0 saturated heterocycles. The Morgan fingerprint density at radius 2 is 2.18 bits per heavy atom. The molecule has 1 aliphatic carbocycles. The zero-order valence-electron chi connectivity index (χ0n) is 7.64. The summed E-state index contributed by atoms with van der Waals surface area (Å²) in [6.45, 7) is 8.61. The van der Waals surface area contributed by atoms with Gasteiger partial charge < -0.3 is 5.73 Å². The quantitative estimate of drug-likeness (QED) is 0.575. The highest BCUT2D eigenvalue weighted by Crippen LogP contribution is 2.32. The molecule has 1 nitrogen and oxygen atoms in total. The van der Waals surface area contributed by atoms with Crippen molar-refractivity contribution in [3.05, 3.63) is 12.2 Å². The van der Waals surface area contributed by atoms with Gasteiger partial charge in [-0.15, -0.1) is 0 Å². The normalized spacial score (nSPS) is 32.9. The van der Waals surface area contributed by atoms with Crippen LogP contribution in [0.1, 0.15) is 33.1 Å². The van der Waals surface area contributed by atoms with E-state index in [1.165, 1.54) is 5.57 Å². The Morgan fingerprint density at radius 3 is 2.64 bits per heavy atom. The summed E-state index contributed by atoms with van der Waals surface area (Å²) < 4.78 is 0. The molecule has 0 aromatic heterocycles. The number of rotatable bonds is 1. The SMILES string of the molecule is C=C1CCC(N)CC1C(C)C. The van der Waals surface area contributed by atoms with Crippen molar-refractivity contribution in [1.82, 2.24) is 0 Å². The summed E-state index contributed by atoms with van der Waals surface area (Å²) in [7, 11) is 0. The Bertz CT molecular complexity index is 149. The van der Waals surface area contributed by atoms with Crippen LogP contribution in [0.25, 0.3) is 0 Å². The number of hydrogen-bond acceptors (Lipinski definition) is 1. The molecule has 1 heteroatoms. The van der Waals surface area contributed by atoms with E-state index in [0.29, 0.717) is 17.9 Å². The zero-order valence-corrected chi connectivity index (χ0v) is 7.64. The first kappa shape index (κ1) is 8.79. The lowest BCUT2D eigenvalue weighted by atomic mass is 9.76. The van der Waals surface area contributed by atoms with E-state index in [9.17, 15) is 0 Å². The average Bonchev–Trinajstić information content (AvgIpc) is 1.94. The first-order valence-electron chi connectivity index (χ1n) is 4.54. The fourth-order valence-corrected chi connectivity index (χ4v) is 1.91. The molecule has 2 unspecified atom stereocenters. The molecule has 0 aromatic rings. The lowest BCUT2D eigenvalue weighted by molar-refractivity contribution is 0.328. The van der Waals surface area contributed by atoms with E-state index in [1.807, 2.05) is 0 Å². The third-order valence-corrected chi connectivity index (χ3v) is 2.72. The molecular weight excluding hydrogens is 134 g/mol. The number of allylic oxidation sites excluding steroid dienone is 1. The second-order valence-corrected chi connectivity index (χ2v) is 4.04. The third kappa shape index (κ3) is 2.06. The van der Waals surface area contributed by atoms with Crippen LogP contribution in [-0.4, -0.2) is 6.04 Å². The molecule has 11 heavy (non-hydrogen) atoms. The standard InChI is InChI=1S/C10H19N/c1-7(2)10-6-9(11)5-4-8(10)3/h7,9-10H,3-6,11H2,1-2H3. The molecule has 64 valence electrons. The minimum Gasteiger partial charge on any atom is -0.328 e. The molecular formula is C10H19N. The summed E-state index contributed by atoms with van der Waals surface area (Å²) in [6.07, 6.45) is 3.43. The minimum absolute atomic E-state index is 0.424. The highest BCUT2D eigenvalue weighted by molar-refractivity contribution is 5.06. The van der Waals surface area contributed by atoms with Crippen LogP contribution in [0.2, 0.25) is 0 Å². The molecule has 1 saturated carbocycles. The summed E-state index contributed by atoms with van der Waals surface area (Å²) in [5, 5.41) is 0. The Labute approximate surface area is 69.7 Å². The predicted molar refractivity (Wildman–Crippen MR) is 49.3 cm³/mol. The smallest absolute Gasteiger partial charge is 0.00476 e. The molecule has 0 aliphatic heterocycles. The van der Waals surface area contributed by atoms with Crippen LogP contribution < -0.4 is 5.73 Å². The summed E-state index contributed by atoms with van der Waals surface area (Å²) in [5.41, 5.74) is 7.30. The first-order chi connectivity index (χ1) is 5.11. The molecule has 2 N–H and O–H groups in total. The van der Waals surface area contributed by atoms with Gasteiger partial charge in [-0.05, 0) is 31.1 Å². The first-order valence-corrected chi connectivity index (χ1v) is 4.54. The van der Waals surface area contributed by atoms with E-state index in [1.54, 1.807) is 0 Å². The van der Waals surface area contributed by atoms with Crippen LogP contribution >= 0.6 is 0 Å². The second-order valence-electron chi connectivity index (χ2n) is 4.04. The maximum absolute atomic E-state index is 5.88. The van der Waals surface area contributed by atoms with Gasteiger partial charge in [0, 0.05) is 6.04 Å². The summed E-state index contributed by atoms with van der Waals surface area (Å²) in [4.78, 5) is 0. The topological polar surface area (TPSA) is 26.0 Å². The molecule has 1 fully saturated rings. The van der Waals surface area contributed by atoms with Crippen LogP contribution in [0.4, 0.5) is 0 Å². The second kappa shape index (κ2) is 3.40. The van der Waals surface area contributed by atoms with Crippen LogP contribution in [0.5, 0.6) is 0 Å². The van der Waals surface area contributed by atoms with E-state index in [2.05, 4.69) is 20.4 Å². The molecule has 0 radical (unpaired) electrons. The summed E-state index contributed by atoms with van der Waals surface area (Å²) in [5.74, 6) is 1.40. The van der Waals surface area contributed by atoms with Gasteiger partial charge in [0.25, 0.3) is 0 Å². The van der Waals surface area contributed by atoms with Crippen molar-refractivity contribution in [3.63, 3.8) is 0 Å². The lowest BCUT2D eigenvalue weighted by Crippen LogP contribution is -2.31. The van der Waals surface area contributed by atoms with Crippen molar-refractivity contribution in [2.75, 3.05) is 0 Å². The van der Waals surface area contributed by atoms with Gasteiger partial charge in [0.2, 0.25) is 0 Å². The van der Waals surface area contributed by atoms with Gasteiger partial charge in [0.15, 0.2) is 0 Å². The molecule has 0 amide bonds. The molecule has 0 aromatic carbocycles. The van der Waals surface area contributed by atoms with Crippen LogP contribution in [0.3, 0.4) is 0 Å². The van der Waals surface area contributed by atoms with Gasteiger partial charge >= 0.3 is 0 Å². The molecule has 0 heterocycles. The Morgan fingerprint density at radius 1 is 1.55 bits per heavy atom. The summed E-state index contributed by atoms with van der Waals surface area (Å²) in [6, 6.07) is 0.424. The van der Waals surface area contributed by atoms with E-state index >= 15 is 0 Å². The largest absolute Gasteiger partial charge is 0.328 e. The van der Waals surface area contributed by atoms with Gasteiger partial charge in [-0.2, -0.15) is 0 Å². The van der Waals surface area contributed by atoms with Gasteiger partial charge in [-0.3, -0.25) is 0 Å². The van der Waals surface area contributed by atoms with Gasteiger partial charge in [-0.1, -0.05) is 26.0 Å². The van der Waals surface area contributed by atoms with Crippen LogP contribution in [0, 0.1) is 11.8 Å². The molecule has 0 bridgehead atoms. The zero-order chi connectivity index (χ0) is 8.43. The number of hydrogen-bond donors (Lipinski definition) is 1. The summed E-state index contributed by atoms with van der Waals surface area (Å²) >= 11 is 0. The van der Waals surface area contributed by atoms with Crippen molar-refractivity contribution in [1.29, 1.82) is 0 Å². The monoisotopic (exact) mass is 153 g/mol. The van der Waals surface area contributed by atoms with Crippen LogP contribution in [-0.2, 0) is 0 Å². The third-order valence-electron chi connectivity index (χ3n) is 2.72. The maximum Gasteiger partial charge on any atom is 0.00476 e. The Balaban J connectivity index is 2.54. The van der Waals surface area contributed by atoms with E-state index in [4.69, 9.17) is 5.73 Å². The van der Waals surface area contributed by atoms with Crippen molar-refractivity contribution >= 4 is 0 Å². The van der Waals surface area contributed by atoms with E-state index in [0.717, 1.165) is 19.3 Å². The Kier molecular flexibility index (Phi) is 2.72. The lowest BCUT2D eigenvalue weighted by Gasteiger charge is -2.31. The van der Waals surface area contributed by atoms with Gasteiger partial charge in [0.1, 0.15) is 0 Å².